The van der Waals surface area contributed by atoms with Crippen LogP contribution in [0.15, 0.2) is 34.1 Å². The van der Waals surface area contributed by atoms with Crippen molar-refractivity contribution in [3.63, 3.8) is 0 Å². The van der Waals surface area contributed by atoms with Crippen LogP contribution in [0.5, 0.6) is 5.75 Å². The van der Waals surface area contributed by atoms with Gasteiger partial charge in [0, 0.05) is 21.6 Å². The minimum atomic E-state index is -0.398. The highest BCUT2D eigenvalue weighted by atomic mass is 32.2. The predicted octanol–water partition coefficient (Wildman–Crippen LogP) is 2.33. The number of aromatic amines is 1. The number of thiazole rings is 1. The van der Waals surface area contributed by atoms with Crippen LogP contribution in [0.25, 0.3) is 0 Å². The fourth-order valence-corrected chi connectivity index (χ4v) is 8.79. The van der Waals surface area contributed by atoms with Crippen molar-refractivity contribution in [1.82, 2.24) is 4.98 Å². The summed E-state index contributed by atoms with van der Waals surface area (Å²) in [7, 11) is 0. The normalized spacial score (nSPS) is 38.4. The van der Waals surface area contributed by atoms with E-state index in [2.05, 4.69) is 4.98 Å². The van der Waals surface area contributed by atoms with E-state index >= 15 is 0 Å². The largest absolute Gasteiger partial charge is 0.508 e. The van der Waals surface area contributed by atoms with Crippen molar-refractivity contribution in [3.8, 4) is 5.75 Å². The Kier molecular flexibility index (Phi) is 3.11. The van der Waals surface area contributed by atoms with E-state index in [0.717, 1.165) is 21.9 Å². The van der Waals surface area contributed by atoms with Gasteiger partial charge >= 0.3 is 16.8 Å². The maximum absolute atomic E-state index is 12.3. The number of aromatic nitrogens is 1. The lowest BCUT2D eigenvalue weighted by molar-refractivity contribution is -0.154. The van der Waals surface area contributed by atoms with E-state index in [1.54, 1.807) is 23.9 Å². The molecule has 8 heteroatoms. The monoisotopic (exact) mass is 401 g/mol. The average Bonchev–Trinajstić information content (AvgIpc) is 3.35. The number of rotatable bonds is 1. The Labute approximate surface area is 161 Å². The van der Waals surface area contributed by atoms with Gasteiger partial charge in [-0.25, -0.2) is 0 Å². The number of ether oxygens (including phenoxy) is 1. The molecule has 3 heterocycles. The molecule has 0 amide bonds. The molecule has 0 unspecified atom stereocenters. The van der Waals surface area contributed by atoms with Crippen molar-refractivity contribution >= 4 is 35.0 Å². The molecule has 3 fully saturated rings. The van der Waals surface area contributed by atoms with E-state index in [-0.39, 0.29) is 57.3 Å². The summed E-state index contributed by atoms with van der Waals surface area (Å²) in [5.41, 5.74) is 0.783. The van der Waals surface area contributed by atoms with Crippen LogP contribution in [-0.2, 0) is 14.3 Å². The summed E-state index contributed by atoms with van der Waals surface area (Å²) < 4.78 is 4.97. The third-order valence-electron chi connectivity index (χ3n) is 6.73. The highest BCUT2D eigenvalue weighted by molar-refractivity contribution is 8.00. The van der Waals surface area contributed by atoms with Crippen LogP contribution < -0.4 is 4.87 Å². The highest BCUT2D eigenvalue weighted by Gasteiger charge is 2.69. The maximum Gasteiger partial charge on any atom is 0.317 e. The second-order valence-electron chi connectivity index (χ2n) is 7.76. The highest BCUT2D eigenvalue weighted by Crippen LogP contribution is 2.68. The Morgan fingerprint density at radius 3 is 2.59 bits per heavy atom. The average molecular weight is 401 g/mol. The quantitative estimate of drug-likeness (QED) is 0.562. The number of nitrogens with one attached hydrogen (secondary N) is 1. The van der Waals surface area contributed by atoms with Crippen LogP contribution in [0.1, 0.15) is 22.8 Å². The summed E-state index contributed by atoms with van der Waals surface area (Å²) in [6.07, 6.45) is 0.821. The molecule has 2 bridgehead atoms. The van der Waals surface area contributed by atoms with Gasteiger partial charge in [-0.2, -0.15) is 0 Å². The van der Waals surface area contributed by atoms with Crippen LogP contribution in [0.2, 0.25) is 0 Å². The second-order valence-corrected chi connectivity index (χ2v) is 9.96. The Hall–Kier alpha value is -2.06. The summed E-state index contributed by atoms with van der Waals surface area (Å²) in [5.74, 6) is -1.29. The Morgan fingerprint density at radius 2 is 1.81 bits per heavy atom. The summed E-state index contributed by atoms with van der Waals surface area (Å²) in [6.45, 7) is 0. The fourth-order valence-electron chi connectivity index (χ4n) is 5.91. The van der Waals surface area contributed by atoms with Gasteiger partial charge in [0.05, 0.1) is 16.9 Å². The summed E-state index contributed by atoms with van der Waals surface area (Å²) in [5, 5.41) is 11.5. The van der Waals surface area contributed by atoms with Gasteiger partial charge in [-0.1, -0.05) is 29.5 Å². The standard InChI is InChI=1S/C19H15NO5S2/c21-9-4-2-1-3-6(9)10-11-7-5-8(13-12(7)17(22)25-18(13)23)14(11)26-16-15(10)27-19(24)20-16/h1-4,7-8,10-14,21H,5H2,(H,20,24)/t7-,8+,10+,11-,12+,13+,14-/m0/s1. The van der Waals surface area contributed by atoms with Gasteiger partial charge in [-0.05, 0) is 30.2 Å². The van der Waals surface area contributed by atoms with Gasteiger partial charge in [0.2, 0.25) is 0 Å². The number of carbonyl (C=O) groups is 2. The van der Waals surface area contributed by atoms with Crippen LogP contribution in [-0.4, -0.2) is 27.3 Å². The number of hydrogen-bond donors (Lipinski definition) is 2. The maximum atomic E-state index is 12.3. The third kappa shape index (κ3) is 1.95. The molecule has 2 N–H and O–H groups in total. The number of H-pyrrole nitrogens is 1. The van der Waals surface area contributed by atoms with Gasteiger partial charge in [-0.3, -0.25) is 14.4 Å². The van der Waals surface area contributed by atoms with Crippen molar-refractivity contribution in [3.05, 3.63) is 44.4 Å². The minimum absolute atomic E-state index is 0.0337. The van der Waals surface area contributed by atoms with Gasteiger partial charge in [0.15, 0.2) is 0 Å². The Morgan fingerprint density at radius 1 is 1.07 bits per heavy atom. The molecule has 2 aromatic rings. The van der Waals surface area contributed by atoms with E-state index in [4.69, 9.17) is 4.74 Å². The molecular weight excluding hydrogens is 386 g/mol. The van der Waals surface area contributed by atoms with Crippen molar-refractivity contribution < 1.29 is 19.4 Å². The molecule has 1 aromatic heterocycles. The molecule has 2 aliphatic carbocycles. The molecule has 27 heavy (non-hydrogen) atoms. The van der Waals surface area contributed by atoms with Crippen LogP contribution in [0.3, 0.4) is 0 Å². The number of thioether (sulfide) groups is 1. The number of phenols is 1. The number of phenolic OH excluding ortho intramolecular Hbond substituents is 1. The zero-order valence-electron chi connectivity index (χ0n) is 14.0. The van der Waals surface area contributed by atoms with Crippen molar-refractivity contribution in [2.24, 2.45) is 29.6 Å². The van der Waals surface area contributed by atoms with Crippen LogP contribution in [0.4, 0.5) is 0 Å². The number of esters is 2. The van der Waals surface area contributed by atoms with Crippen molar-refractivity contribution in [2.75, 3.05) is 0 Å². The lowest BCUT2D eigenvalue weighted by Crippen LogP contribution is -2.42. The van der Waals surface area contributed by atoms with E-state index in [1.165, 1.54) is 11.3 Å². The lowest BCUT2D eigenvalue weighted by Gasteiger charge is -2.42. The van der Waals surface area contributed by atoms with Gasteiger partial charge in [0.1, 0.15) is 5.75 Å². The fraction of sp³-hybridized carbons (Fsp3) is 0.421. The van der Waals surface area contributed by atoms with Gasteiger partial charge < -0.3 is 14.8 Å². The number of hydrogen-bond acceptors (Lipinski definition) is 7. The molecule has 6 nitrogen and oxygen atoms in total. The first kappa shape index (κ1) is 15.9. The SMILES string of the molecule is O=C1OC(=O)[C@@H]2[C@H]3C[C@H]([C@@H]12)[C@H]1[C@@H](c2ccccc2O)c2sc(=O)[nH]c2S[C@@H]31. The third-order valence-corrected chi connectivity index (χ3v) is 9.32. The van der Waals surface area contributed by atoms with E-state index in [1.807, 2.05) is 12.1 Å². The zero-order valence-corrected chi connectivity index (χ0v) is 15.6. The molecule has 2 saturated carbocycles. The van der Waals surface area contributed by atoms with Gasteiger partial charge in [0.25, 0.3) is 0 Å². The molecule has 138 valence electrons. The molecule has 1 saturated heterocycles. The Bertz CT molecular complexity index is 1060. The minimum Gasteiger partial charge on any atom is -0.508 e. The zero-order chi connectivity index (χ0) is 18.4. The van der Waals surface area contributed by atoms with Crippen LogP contribution in [0, 0.1) is 29.6 Å². The molecule has 0 radical (unpaired) electrons. The van der Waals surface area contributed by atoms with E-state index in [9.17, 15) is 19.5 Å². The second kappa shape index (κ2) is 5.26. The number of fused-ring (bicyclic) bond motifs is 9. The lowest BCUT2D eigenvalue weighted by atomic mass is 9.68. The summed E-state index contributed by atoms with van der Waals surface area (Å²) in [6, 6.07) is 7.20. The van der Waals surface area contributed by atoms with Crippen molar-refractivity contribution in [2.45, 2.75) is 22.6 Å². The van der Waals surface area contributed by atoms with E-state index < -0.39 is 5.97 Å². The number of benzene rings is 1. The number of carbonyl (C=O) groups excluding carboxylic acids is 2. The summed E-state index contributed by atoms with van der Waals surface area (Å²) in [4.78, 5) is 40.4. The molecule has 7 atom stereocenters. The molecule has 1 aromatic carbocycles. The summed E-state index contributed by atoms with van der Waals surface area (Å²) >= 11 is 2.80. The number of para-hydroxylation sites is 1. The van der Waals surface area contributed by atoms with Crippen LogP contribution >= 0.6 is 23.1 Å². The first-order chi connectivity index (χ1) is 13.0. The molecule has 4 aliphatic rings. The first-order valence-electron chi connectivity index (χ1n) is 8.97. The first-order valence-corrected chi connectivity index (χ1v) is 10.7. The van der Waals surface area contributed by atoms with Gasteiger partial charge in [-0.15, -0.1) is 11.8 Å². The molecule has 2 aliphatic heterocycles. The molecule has 6 rings (SSSR count). The number of aromatic hydroxyl groups is 1. The smallest absolute Gasteiger partial charge is 0.317 e. The Balaban J connectivity index is 1.55. The molecular formula is C19H15NO5S2. The predicted molar refractivity (Wildman–Crippen MR) is 97.7 cm³/mol. The number of cyclic esters (lactones) is 2. The molecule has 0 spiro atoms. The topological polar surface area (TPSA) is 96.5 Å². The van der Waals surface area contributed by atoms with E-state index in [0.29, 0.717) is 0 Å². The van der Waals surface area contributed by atoms with Crippen molar-refractivity contribution in [1.29, 1.82) is 0 Å².